The topological polar surface area (TPSA) is 66.7 Å². The van der Waals surface area contributed by atoms with Crippen LogP contribution in [0.5, 0.6) is 0 Å². The molecule has 0 saturated heterocycles. The lowest BCUT2D eigenvalue weighted by Crippen LogP contribution is -2.49. The molecule has 1 N–H and O–H groups in total. The number of carbonyl (C=O) groups excluding carboxylic acids is 2. The number of carbonyl (C=O) groups is 2. The van der Waals surface area contributed by atoms with E-state index in [9.17, 15) is 9.59 Å². The number of hydrogen-bond donors (Lipinski definition) is 1. The molecule has 1 atom stereocenters. The Labute approximate surface area is 151 Å². The lowest BCUT2D eigenvalue weighted by Gasteiger charge is -2.35. The quantitative estimate of drug-likeness (QED) is 0.774. The van der Waals surface area contributed by atoms with Gasteiger partial charge in [-0.2, -0.15) is 0 Å². The first-order valence-electron chi connectivity index (χ1n) is 8.61. The van der Waals surface area contributed by atoms with Gasteiger partial charge in [0.15, 0.2) is 0 Å². The first kappa shape index (κ1) is 16.3. The second kappa shape index (κ2) is 6.29. The van der Waals surface area contributed by atoms with Gasteiger partial charge in [0.2, 0.25) is 11.8 Å². The maximum absolute atomic E-state index is 12.9. The second-order valence-electron chi connectivity index (χ2n) is 6.69. The number of anilines is 1. The van der Waals surface area contributed by atoms with E-state index in [1.165, 1.54) is 6.92 Å². The lowest BCUT2D eigenvalue weighted by molar-refractivity contribution is -0.138. The summed E-state index contributed by atoms with van der Waals surface area (Å²) in [5, 5.41) is 2.95. The summed E-state index contributed by atoms with van der Waals surface area (Å²) in [5.41, 5.74) is 4.65. The van der Waals surface area contributed by atoms with Crippen LogP contribution in [0.4, 0.5) is 5.69 Å². The highest BCUT2D eigenvalue weighted by atomic mass is 16.2. The number of nitrogens with one attached hydrogen (secondary N) is 1. The van der Waals surface area contributed by atoms with E-state index in [0.29, 0.717) is 18.7 Å². The van der Waals surface area contributed by atoms with Crippen molar-refractivity contribution in [3.8, 4) is 0 Å². The lowest BCUT2D eigenvalue weighted by atomic mass is 9.93. The number of nitrogens with zero attached hydrogens (tertiary/aromatic N) is 3. The number of fused-ring (bicyclic) bond motifs is 2. The van der Waals surface area contributed by atoms with Gasteiger partial charge >= 0.3 is 0 Å². The van der Waals surface area contributed by atoms with Crippen molar-refractivity contribution in [3.63, 3.8) is 0 Å². The Morgan fingerprint density at radius 2 is 1.88 bits per heavy atom. The molecule has 26 heavy (non-hydrogen) atoms. The predicted octanol–water partition coefficient (Wildman–Crippen LogP) is 2.55. The average molecular weight is 348 g/mol. The fourth-order valence-corrected chi connectivity index (χ4v) is 3.51. The van der Waals surface area contributed by atoms with Crippen LogP contribution in [0.25, 0.3) is 5.65 Å². The van der Waals surface area contributed by atoms with Crippen LogP contribution in [0.15, 0.2) is 48.8 Å². The minimum atomic E-state index is -0.511. The van der Waals surface area contributed by atoms with Crippen LogP contribution < -0.4 is 5.32 Å². The zero-order valence-corrected chi connectivity index (χ0v) is 14.8. The van der Waals surface area contributed by atoms with Gasteiger partial charge in [0.05, 0.1) is 11.4 Å². The van der Waals surface area contributed by atoms with Crippen molar-refractivity contribution in [2.45, 2.75) is 32.9 Å². The molecule has 2 amide bonds. The number of hydrogen-bond acceptors (Lipinski definition) is 3. The van der Waals surface area contributed by atoms with E-state index in [1.54, 1.807) is 4.90 Å². The third-order valence-corrected chi connectivity index (χ3v) is 4.79. The Hall–Kier alpha value is -3.15. The van der Waals surface area contributed by atoms with Crippen LogP contribution in [0.1, 0.15) is 23.7 Å². The van der Waals surface area contributed by atoms with Crippen LogP contribution in [0, 0.1) is 6.92 Å². The molecular formula is C20H20N4O2. The minimum absolute atomic E-state index is 0.0969. The minimum Gasteiger partial charge on any atom is -0.326 e. The molecular weight excluding hydrogens is 328 g/mol. The van der Waals surface area contributed by atoms with E-state index in [0.717, 1.165) is 22.5 Å². The molecule has 0 bridgehead atoms. The summed E-state index contributed by atoms with van der Waals surface area (Å²) in [6, 6.07) is 11.1. The van der Waals surface area contributed by atoms with Crippen LogP contribution in [0.3, 0.4) is 0 Å². The van der Waals surface area contributed by atoms with E-state index in [2.05, 4.69) is 10.3 Å². The number of aromatic nitrogens is 2. The molecule has 0 unspecified atom stereocenters. The first-order valence-corrected chi connectivity index (χ1v) is 8.61. The fourth-order valence-electron chi connectivity index (χ4n) is 3.51. The molecule has 4 rings (SSSR count). The molecule has 6 nitrogen and oxygen atoms in total. The van der Waals surface area contributed by atoms with E-state index < -0.39 is 6.04 Å². The maximum Gasteiger partial charge on any atom is 0.247 e. The highest BCUT2D eigenvalue weighted by Crippen LogP contribution is 2.24. The molecule has 6 heteroatoms. The maximum atomic E-state index is 12.9. The molecule has 3 aromatic rings. The SMILES string of the molecule is CC(=O)N1Cc2ccccc2C[C@@H]1C(=O)Nc1ccc2nc(C)cn2c1. The van der Waals surface area contributed by atoms with Crippen molar-refractivity contribution in [1.29, 1.82) is 0 Å². The molecule has 2 aromatic heterocycles. The van der Waals surface area contributed by atoms with Gasteiger partial charge in [0, 0.05) is 32.3 Å². The van der Waals surface area contributed by atoms with E-state index in [1.807, 2.05) is 60.1 Å². The summed E-state index contributed by atoms with van der Waals surface area (Å²) in [6.45, 7) is 3.90. The van der Waals surface area contributed by atoms with E-state index in [-0.39, 0.29) is 11.8 Å². The van der Waals surface area contributed by atoms with Crippen LogP contribution in [0.2, 0.25) is 0 Å². The Balaban J connectivity index is 1.59. The summed E-state index contributed by atoms with van der Waals surface area (Å²) < 4.78 is 1.88. The van der Waals surface area contributed by atoms with Crippen LogP contribution in [-0.2, 0) is 22.6 Å². The number of rotatable bonds is 2. The van der Waals surface area contributed by atoms with Crippen molar-refractivity contribution in [3.05, 3.63) is 65.6 Å². The molecule has 0 aliphatic carbocycles. The summed E-state index contributed by atoms with van der Waals surface area (Å²) in [6.07, 6.45) is 4.26. The number of benzene rings is 1. The first-order chi connectivity index (χ1) is 12.5. The third kappa shape index (κ3) is 2.94. The predicted molar refractivity (Wildman–Crippen MR) is 98.7 cm³/mol. The van der Waals surface area contributed by atoms with E-state index in [4.69, 9.17) is 0 Å². The molecule has 0 fully saturated rings. The van der Waals surface area contributed by atoms with Gasteiger partial charge in [-0.3, -0.25) is 9.59 Å². The number of aryl methyl sites for hydroxylation is 1. The van der Waals surface area contributed by atoms with Crippen molar-refractivity contribution in [2.75, 3.05) is 5.32 Å². The number of amides is 2. The molecule has 0 radical (unpaired) electrons. The van der Waals surface area contributed by atoms with Crippen molar-refractivity contribution in [2.24, 2.45) is 0 Å². The zero-order valence-electron chi connectivity index (χ0n) is 14.8. The normalized spacial score (nSPS) is 16.4. The second-order valence-corrected chi connectivity index (χ2v) is 6.69. The molecule has 1 aliphatic rings. The zero-order chi connectivity index (χ0) is 18.3. The van der Waals surface area contributed by atoms with Gasteiger partial charge in [0.1, 0.15) is 11.7 Å². The standard InChI is InChI=1S/C20H20N4O2/c1-13-10-23-12-17(7-8-19(23)21-13)22-20(26)18-9-15-5-3-4-6-16(15)11-24(18)14(2)25/h3-8,10,12,18H,9,11H2,1-2H3,(H,22,26)/t18-/m1/s1. The summed E-state index contributed by atoms with van der Waals surface area (Å²) in [5.74, 6) is -0.272. The highest BCUT2D eigenvalue weighted by Gasteiger charge is 2.33. The summed E-state index contributed by atoms with van der Waals surface area (Å²) >= 11 is 0. The molecule has 1 aromatic carbocycles. The van der Waals surface area contributed by atoms with Gasteiger partial charge in [-0.05, 0) is 30.2 Å². The molecule has 0 spiro atoms. The van der Waals surface area contributed by atoms with Gasteiger partial charge < -0.3 is 14.6 Å². The summed E-state index contributed by atoms with van der Waals surface area (Å²) in [7, 11) is 0. The number of imidazole rings is 1. The highest BCUT2D eigenvalue weighted by molar-refractivity contribution is 5.97. The summed E-state index contributed by atoms with van der Waals surface area (Å²) in [4.78, 5) is 31.0. The Morgan fingerprint density at radius 1 is 1.12 bits per heavy atom. The molecule has 0 saturated carbocycles. The van der Waals surface area contributed by atoms with Gasteiger partial charge in [-0.25, -0.2) is 4.98 Å². The fraction of sp³-hybridized carbons (Fsp3) is 0.250. The van der Waals surface area contributed by atoms with Crippen molar-refractivity contribution >= 4 is 23.1 Å². The Morgan fingerprint density at radius 3 is 2.65 bits per heavy atom. The Kier molecular flexibility index (Phi) is 3.95. The van der Waals surface area contributed by atoms with Crippen LogP contribution >= 0.6 is 0 Å². The van der Waals surface area contributed by atoms with Crippen molar-refractivity contribution in [1.82, 2.24) is 14.3 Å². The van der Waals surface area contributed by atoms with Gasteiger partial charge in [-0.15, -0.1) is 0 Å². The van der Waals surface area contributed by atoms with Gasteiger partial charge in [-0.1, -0.05) is 24.3 Å². The molecule has 1 aliphatic heterocycles. The van der Waals surface area contributed by atoms with Gasteiger partial charge in [0.25, 0.3) is 0 Å². The largest absolute Gasteiger partial charge is 0.326 e. The van der Waals surface area contributed by atoms with Crippen LogP contribution in [-0.4, -0.2) is 32.1 Å². The molecule has 132 valence electrons. The monoisotopic (exact) mass is 348 g/mol. The number of pyridine rings is 1. The third-order valence-electron chi connectivity index (χ3n) is 4.79. The van der Waals surface area contributed by atoms with E-state index >= 15 is 0 Å². The smallest absolute Gasteiger partial charge is 0.247 e. The molecule has 3 heterocycles. The Bertz CT molecular complexity index is 1010. The van der Waals surface area contributed by atoms with Crippen molar-refractivity contribution < 1.29 is 9.59 Å². The average Bonchev–Trinajstić information content (AvgIpc) is 2.99.